The first-order chi connectivity index (χ1) is 7.40. The lowest BCUT2D eigenvalue weighted by Crippen LogP contribution is -1.82. The Labute approximate surface area is 90.5 Å². The van der Waals surface area contributed by atoms with Gasteiger partial charge < -0.3 is 0 Å². The fourth-order valence-corrected chi connectivity index (χ4v) is 1.55. The van der Waals surface area contributed by atoms with Gasteiger partial charge in [0.25, 0.3) is 0 Å². The van der Waals surface area contributed by atoms with E-state index in [9.17, 15) is 0 Å². The molecule has 0 aliphatic heterocycles. The number of aromatic nitrogens is 1. The normalized spacial score (nSPS) is 11.3. The number of hydrogen-bond acceptors (Lipinski definition) is 1. The second-order valence-corrected chi connectivity index (χ2v) is 3.62. The SMILES string of the molecule is CCC/C=C/c1ccc2ccccc2n1. The number of allylic oxidation sites excluding steroid dienone is 1. The summed E-state index contributed by atoms with van der Waals surface area (Å²) in [7, 11) is 0. The number of nitrogens with zero attached hydrogens (tertiary/aromatic N) is 1. The lowest BCUT2D eigenvalue weighted by Gasteiger charge is -1.97. The second kappa shape index (κ2) is 4.74. The van der Waals surface area contributed by atoms with Crippen molar-refractivity contribution in [3.63, 3.8) is 0 Å². The summed E-state index contributed by atoms with van der Waals surface area (Å²) in [5.41, 5.74) is 2.11. The van der Waals surface area contributed by atoms with Crippen LogP contribution in [0.15, 0.2) is 42.5 Å². The van der Waals surface area contributed by atoms with E-state index in [4.69, 9.17) is 0 Å². The van der Waals surface area contributed by atoms with Crippen molar-refractivity contribution in [3.8, 4) is 0 Å². The van der Waals surface area contributed by atoms with Crippen LogP contribution in [0.2, 0.25) is 0 Å². The van der Waals surface area contributed by atoms with E-state index >= 15 is 0 Å². The molecule has 2 aromatic rings. The summed E-state index contributed by atoms with van der Waals surface area (Å²) in [6.45, 7) is 2.18. The number of fused-ring (bicyclic) bond motifs is 1. The van der Waals surface area contributed by atoms with Crippen LogP contribution in [0.4, 0.5) is 0 Å². The van der Waals surface area contributed by atoms with E-state index in [1.54, 1.807) is 0 Å². The fraction of sp³-hybridized carbons (Fsp3) is 0.214. The van der Waals surface area contributed by atoms with Crippen molar-refractivity contribution in [2.75, 3.05) is 0 Å². The Morgan fingerprint density at radius 1 is 1.13 bits per heavy atom. The van der Waals surface area contributed by atoms with Crippen LogP contribution in [0.1, 0.15) is 25.5 Å². The predicted molar refractivity (Wildman–Crippen MR) is 65.7 cm³/mol. The number of unbranched alkanes of at least 4 members (excludes halogenated alkanes) is 1. The highest BCUT2D eigenvalue weighted by molar-refractivity contribution is 5.79. The van der Waals surface area contributed by atoms with Crippen molar-refractivity contribution in [2.24, 2.45) is 0 Å². The first kappa shape index (κ1) is 9.91. The van der Waals surface area contributed by atoms with Crippen LogP contribution < -0.4 is 0 Å². The summed E-state index contributed by atoms with van der Waals surface area (Å²) in [5, 5.41) is 1.20. The van der Waals surface area contributed by atoms with Crippen molar-refractivity contribution in [1.29, 1.82) is 0 Å². The highest BCUT2D eigenvalue weighted by Crippen LogP contribution is 2.12. The van der Waals surface area contributed by atoms with Gasteiger partial charge in [-0.15, -0.1) is 0 Å². The predicted octanol–water partition coefficient (Wildman–Crippen LogP) is 4.05. The molecule has 0 amide bonds. The van der Waals surface area contributed by atoms with Gasteiger partial charge in [0.15, 0.2) is 0 Å². The van der Waals surface area contributed by atoms with Gasteiger partial charge in [-0.1, -0.05) is 43.7 Å². The molecular formula is C14H15N. The number of para-hydroxylation sites is 1. The minimum Gasteiger partial charge on any atom is -0.248 e. The minimum absolute atomic E-state index is 1.04. The van der Waals surface area contributed by atoms with Gasteiger partial charge >= 0.3 is 0 Å². The molecule has 0 saturated carbocycles. The minimum atomic E-state index is 1.04. The molecular weight excluding hydrogens is 182 g/mol. The molecule has 15 heavy (non-hydrogen) atoms. The number of benzene rings is 1. The van der Waals surface area contributed by atoms with Crippen molar-refractivity contribution in [2.45, 2.75) is 19.8 Å². The molecule has 0 radical (unpaired) electrons. The number of rotatable bonds is 3. The van der Waals surface area contributed by atoms with Crippen LogP contribution in [0.25, 0.3) is 17.0 Å². The number of hydrogen-bond donors (Lipinski definition) is 0. The third kappa shape index (κ3) is 2.44. The van der Waals surface area contributed by atoms with Crippen LogP contribution in [0.3, 0.4) is 0 Å². The van der Waals surface area contributed by atoms with Gasteiger partial charge in [-0.05, 0) is 24.6 Å². The zero-order valence-corrected chi connectivity index (χ0v) is 8.98. The first-order valence-corrected chi connectivity index (χ1v) is 5.42. The molecule has 1 nitrogen and oxygen atoms in total. The maximum absolute atomic E-state index is 4.56. The quantitative estimate of drug-likeness (QED) is 0.723. The lowest BCUT2D eigenvalue weighted by molar-refractivity contribution is 0.962. The molecule has 0 spiro atoms. The summed E-state index contributed by atoms with van der Waals surface area (Å²) in [6.07, 6.45) is 6.58. The number of pyridine rings is 1. The Morgan fingerprint density at radius 3 is 2.87 bits per heavy atom. The third-order valence-electron chi connectivity index (χ3n) is 2.36. The van der Waals surface area contributed by atoms with Gasteiger partial charge in [0.2, 0.25) is 0 Å². The first-order valence-electron chi connectivity index (χ1n) is 5.42. The Hall–Kier alpha value is -1.63. The molecule has 0 N–H and O–H groups in total. The molecule has 1 aromatic carbocycles. The molecule has 0 atom stereocenters. The van der Waals surface area contributed by atoms with E-state index in [-0.39, 0.29) is 0 Å². The van der Waals surface area contributed by atoms with E-state index in [0.717, 1.165) is 17.6 Å². The van der Waals surface area contributed by atoms with Crippen LogP contribution in [0, 0.1) is 0 Å². The van der Waals surface area contributed by atoms with E-state index in [1.807, 2.05) is 18.2 Å². The van der Waals surface area contributed by atoms with E-state index in [0.29, 0.717) is 0 Å². The molecule has 76 valence electrons. The summed E-state index contributed by atoms with van der Waals surface area (Å²) in [5.74, 6) is 0. The van der Waals surface area contributed by atoms with Crippen LogP contribution in [-0.4, -0.2) is 4.98 Å². The molecule has 1 heteroatoms. The van der Waals surface area contributed by atoms with Crippen molar-refractivity contribution in [3.05, 3.63) is 48.2 Å². The highest BCUT2D eigenvalue weighted by Gasteiger charge is 1.93. The Bertz CT molecular complexity index is 471. The van der Waals surface area contributed by atoms with Crippen molar-refractivity contribution < 1.29 is 0 Å². The molecule has 0 aliphatic rings. The second-order valence-electron chi connectivity index (χ2n) is 3.62. The van der Waals surface area contributed by atoms with E-state index in [1.165, 1.54) is 11.8 Å². The summed E-state index contributed by atoms with van der Waals surface area (Å²) in [4.78, 5) is 4.56. The molecule has 0 aliphatic carbocycles. The molecule has 0 saturated heterocycles. The average Bonchev–Trinajstić information content (AvgIpc) is 2.29. The largest absolute Gasteiger partial charge is 0.248 e. The molecule has 1 heterocycles. The van der Waals surface area contributed by atoms with Gasteiger partial charge in [-0.2, -0.15) is 0 Å². The molecule has 0 fully saturated rings. The third-order valence-corrected chi connectivity index (χ3v) is 2.36. The zero-order valence-electron chi connectivity index (χ0n) is 8.98. The van der Waals surface area contributed by atoms with Gasteiger partial charge in [0.1, 0.15) is 0 Å². The lowest BCUT2D eigenvalue weighted by atomic mass is 10.2. The van der Waals surface area contributed by atoms with Gasteiger partial charge in [-0.3, -0.25) is 0 Å². The summed E-state index contributed by atoms with van der Waals surface area (Å²) in [6, 6.07) is 12.4. The Morgan fingerprint density at radius 2 is 2.00 bits per heavy atom. The molecule has 0 bridgehead atoms. The average molecular weight is 197 g/mol. The van der Waals surface area contributed by atoms with E-state index in [2.05, 4.69) is 42.3 Å². The zero-order chi connectivity index (χ0) is 10.5. The van der Waals surface area contributed by atoms with Gasteiger partial charge in [0.05, 0.1) is 11.2 Å². The van der Waals surface area contributed by atoms with Crippen molar-refractivity contribution in [1.82, 2.24) is 4.98 Å². The molecule has 1 aromatic heterocycles. The molecule has 0 unspecified atom stereocenters. The van der Waals surface area contributed by atoms with Gasteiger partial charge in [-0.25, -0.2) is 4.98 Å². The van der Waals surface area contributed by atoms with E-state index < -0.39 is 0 Å². The maximum atomic E-state index is 4.56. The van der Waals surface area contributed by atoms with Gasteiger partial charge in [0, 0.05) is 5.39 Å². The summed E-state index contributed by atoms with van der Waals surface area (Å²) >= 11 is 0. The molecule has 2 rings (SSSR count). The monoisotopic (exact) mass is 197 g/mol. The topological polar surface area (TPSA) is 12.9 Å². The highest BCUT2D eigenvalue weighted by atomic mass is 14.7. The Kier molecular flexibility index (Phi) is 3.13. The van der Waals surface area contributed by atoms with Crippen LogP contribution in [0.5, 0.6) is 0 Å². The standard InChI is InChI=1S/C14H15N/c1-2-3-4-8-13-11-10-12-7-5-6-9-14(12)15-13/h4-11H,2-3H2,1H3/b8-4+. The van der Waals surface area contributed by atoms with Crippen molar-refractivity contribution >= 4 is 17.0 Å². The van der Waals surface area contributed by atoms with Crippen LogP contribution >= 0.6 is 0 Å². The maximum Gasteiger partial charge on any atom is 0.0709 e. The smallest absolute Gasteiger partial charge is 0.0709 e. The summed E-state index contributed by atoms with van der Waals surface area (Å²) < 4.78 is 0. The van der Waals surface area contributed by atoms with Crippen LogP contribution in [-0.2, 0) is 0 Å². The Balaban J connectivity index is 2.30. The fourth-order valence-electron chi connectivity index (χ4n) is 1.55.